The van der Waals surface area contributed by atoms with Crippen LogP contribution in [0.3, 0.4) is 0 Å². The summed E-state index contributed by atoms with van der Waals surface area (Å²) in [5.41, 5.74) is -0.118. The smallest absolute Gasteiger partial charge is 0.226 e. The minimum Gasteiger partial charge on any atom is -0.394 e. The number of fused-ring (bicyclic) bond motifs is 1. The van der Waals surface area contributed by atoms with Gasteiger partial charge in [0.05, 0.1) is 18.1 Å². The average molecular weight is 141 g/mol. The fraction of sp³-hybridized carbons (Fsp3) is 0.857. The predicted octanol–water partition coefficient (Wildman–Crippen LogP) is -0.497. The second kappa shape index (κ2) is 1.53. The molecule has 3 nitrogen and oxygen atoms in total. The van der Waals surface area contributed by atoms with Crippen LogP contribution in [0.15, 0.2) is 0 Å². The van der Waals surface area contributed by atoms with Crippen LogP contribution < -0.4 is 5.32 Å². The summed E-state index contributed by atoms with van der Waals surface area (Å²) in [7, 11) is 0. The molecule has 56 valence electrons. The molecule has 1 saturated heterocycles. The van der Waals surface area contributed by atoms with E-state index in [0.717, 1.165) is 6.42 Å². The van der Waals surface area contributed by atoms with Crippen molar-refractivity contribution < 1.29 is 9.90 Å². The van der Waals surface area contributed by atoms with Crippen molar-refractivity contribution in [3.05, 3.63) is 0 Å². The molecular weight excluding hydrogens is 130 g/mol. The van der Waals surface area contributed by atoms with Crippen LogP contribution in [0.4, 0.5) is 0 Å². The summed E-state index contributed by atoms with van der Waals surface area (Å²) in [5, 5.41) is 11.5. The van der Waals surface area contributed by atoms with Gasteiger partial charge in [-0.3, -0.25) is 4.79 Å². The summed E-state index contributed by atoms with van der Waals surface area (Å²) in [6.07, 6.45) is 0.962. The average Bonchev–Trinajstić information content (AvgIpc) is 2.52. The highest BCUT2D eigenvalue weighted by Gasteiger charge is 2.64. The standard InChI is InChI=1S/C7H11NO2/c1-7-2-4(7)5(3-9)8-6(7)10/h4-5,9H,2-3H2,1H3,(H,8,10)/t4-,5-,7-/m1/s1. The predicted molar refractivity (Wildman–Crippen MR) is 35.2 cm³/mol. The Bertz CT molecular complexity index is 192. The number of carbonyl (C=O) groups excluding carboxylic acids is 1. The molecule has 3 heteroatoms. The quantitative estimate of drug-likeness (QED) is 0.517. The van der Waals surface area contributed by atoms with E-state index in [0.29, 0.717) is 5.92 Å². The molecular formula is C7H11NO2. The van der Waals surface area contributed by atoms with Crippen LogP contribution in [0.1, 0.15) is 13.3 Å². The number of carbonyl (C=O) groups is 1. The second-order valence-corrected chi connectivity index (χ2v) is 3.49. The zero-order valence-corrected chi connectivity index (χ0v) is 5.92. The summed E-state index contributed by atoms with van der Waals surface area (Å²) in [6, 6.07) is 0.0394. The van der Waals surface area contributed by atoms with E-state index in [-0.39, 0.29) is 24.0 Å². The van der Waals surface area contributed by atoms with Crippen LogP contribution in [0, 0.1) is 11.3 Å². The Morgan fingerprint density at radius 1 is 1.90 bits per heavy atom. The Labute approximate surface area is 59.4 Å². The number of amides is 1. The van der Waals surface area contributed by atoms with Crippen LogP contribution in [0.5, 0.6) is 0 Å². The van der Waals surface area contributed by atoms with Crippen molar-refractivity contribution >= 4 is 5.91 Å². The van der Waals surface area contributed by atoms with Crippen molar-refractivity contribution in [3.63, 3.8) is 0 Å². The SMILES string of the molecule is C[C@@]12C[C@@H]1[C@@H](CO)NC2=O. The van der Waals surface area contributed by atoms with E-state index in [1.165, 1.54) is 0 Å². The summed E-state index contributed by atoms with van der Waals surface area (Å²) in [4.78, 5) is 11.1. The maximum atomic E-state index is 11.1. The molecule has 0 aromatic heterocycles. The van der Waals surface area contributed by atoms with E-state index in [1.54, 1.807) is 0 Å². The van der Waals surface area contributed by atoms with Crippen molar-refractivity contribution in [2.45, 2.75) is 19.4 Å². The molecule has 2 fully saturated rings. The number of hydrogen-bond acceptors (Lipinski definition) is 2. The van der Waals surface area contributed by atoms with Crippen molar-refractivity contribution in [1.82, 2.24) is 5.32 Å². The fourth-order valence-electron chi connectivity index (χ4n) is 1.85. The Morgan fingerprint density at radius 2 is 2.60 bits per heavy atom. The molecule has 0 bridgehead atoms. The van der Waals surface area contributed by atoms with Crippen molar-refractivity contribution in [3.8, 4) is 0 Å². The lowest BCUT2D eigenvalue weighted by atomic mass is 10.1. The van der Waals surface area contributed by atoms with Crippen LogP contribution in [-0.4, -0.2) is 23.7 Å². The normalized spacial score (nSPS) is 50.4. The highest BCUT2D eigenvalue weighted by atomic mass is 16.3. The lowest BCUT2D eigenvalue weighted by Gasteiger charge is -2.07. The molecule has 0 spiro atoms. The van der Waals surface area contributed by atoms with Gasteiger partial charge in [-0.25, -0.2) is 0 Å². The van der Waals surface area contributed by atoms with Gasteiger partial charge in [0.25, 0.3) is 0 Å². The highest BCUT2D eigenvalue weighted by Crippen LogP contribution is 2.57. The number of aliphatic hydroxyl groups excluding tert-OH is 1. The molecule has 1 aliphatic carbocycles. The van der Waals surface area contributed by atoms with Gasteiger partial charge in [-0.15, -0.1) is 0 Å². The molecule has 0 radical (unpaired) electrons. The minimum absolute atomic E-state index is 0.0394. The van der Waals surface area contributed by atoms with E-state index in [1.807, 2.05) is 6.92 Å². The molecule has 1 amide bonds. The van der Waals surface area contributed by atoms with Gasteiger partial charge in [0, 0.05) is 0 Å². The monoisotopic (exact) mass is 141 g/mol. The number of nitrogens with one attached hydrogen (secondary N) is 1. The van der Waals surface area contributed by atoms with Crippen LogP contribution >= 0.6 is 0 Å². The number of piperidine rings is 1. The van der Waals surface area contributed by atoms with E-state index < -0.39 is 0 Å². The summed E-state index contributed by atoms with van der Waals surface area (Å²) in [5.74, 6) is 0.529. The third-order valence-corrected chi connectivity index (χ3v) is 2.82. The van der Waals surface area contributed by atoms with Crippen LogP contribution in [0.25, 0.3) is 0 Å². The Morgan fingerprint density at radius 3 is 2.80 bits per heavy atom. The molecule has 0 unspecified atom stereocenters. The Balaban J connectivity index is 2.17. The molecule has 1 aliphatic heterocycles. The maximum Gasteiger partial charge on any atom is 0.226 e. The molecule has 2 rings (SSSR count). The van der Waals surface area contributed by atoms with Gasteiger partial charge in [-0.1, -0.05) is 6.92 Å². The molecule has 1 saturated carbocycles. The summed E-state index contributed by atoms with van der Waals surface area (Å²) in [6.45, 7) is 2.05. The highest BCUT2D eigenvalue weighted by molar-refractivity contribution is 5.89. The van der Waals surface area contributed by atoms with Gasteiger partial charge in [0.15, 0.2) is 0 Å². The van der Waals surface area contributed by atoms with Gasteiger partial charge in [0.1, 0.15) is 0 Å². The largest absolute Gasteiger partial charge is 0.394 e. The zero-order valence-electron chi connectivity index (χ0n) is 5.92. The number of aliphatic hydroxyl groups is 1. The molecule has 2 N–H and O–H groups in total. The van der Waals surface area contributed by atoms with E-state index >= 15 is 0 Å². The fourth-order valence-corrected chi connectivity index (χ4v) is 1.85. The molecule has 0 aromatic rings. The first-order valence-electron chi connectivity index (χ1n) is 3.60. The second-order valence-electron chi connectivity index (χ2n) is 3.49. The Kier molecular flexibility index (Phi) is 0.944. The molecule has 10 heavy (non-hydrogen) atoms. The molecule has 3 atom stereocenters. The van der Waals surface area contributed by atoms with Crippen molar-refractivity contribution in [2.75, 3.05) is 6.61 Å². The van der Waals surface area contributed by atoms with Gasteiger partial charge in [-0.05, 0) is 12.3 Å². The number of rotatable bonds is 1. The first-order chi connectivity index (χ1) is 4.68. The van der Waals surface area contributed by atoms with Gasteiger partial charge in [0.2, 0.25) is 5.91 Å². The van der Waals surface area contributed by atoms with E-state index in [9.17, 15) is 4.79 Å². The van der Waals surface area contributed by atoms with Crippen molar-refractivity contribution in [1.29, 1.82) is 0 Å². The summed E-state index contributed by atoms with van der Waals surface area (Å²) < 4.78 is 0. The minimum atomic E-state index is -0.118. The van der Waals surface area contributed by atoms with Crippen LogP contribution in [-0.2, 0) is 4.79 Å². The maximum absolute atomic E-state index is 11.1. The summed E-state index contributed by atoms with van der Waals surface area (Å²) >= 11 is 0. The first kappa shape index (κ1) is 6.16. The van der Waals surface area contributed by atoms with Gasteiger partial charge < -0.3 is 10.4 Å². The Hall–Kier alpha value is -0.570. The van der Waals surface area contributed by atoms with Gasteiger partial charge >= 0.3 is 0 Å². The zero-order chi connectivity index (χ0) is 7.35. The van der Waals surface area contributed by atoms with Crippen molar-refractivity contribution in [2.24, 2.45) is 11.3 Å². The third kappa shape index (κ3) is 0.515. The first-order valence-corrected chi connectivity index (χ1v) is 3.60. The molecule has 2 aliphatic rings. The lowest BCUT2D eigenvalue weighted by Crippen LogP contribution is -2.33. The lowest BCUT2D eigenvalue weighted by molar-refractivity contribution is -0.124. The topological polar surface area (TPSA) is 49.3 Å². The molecule has 0 aromatic carbocycles. The molecule has 1 heterocycles. The van der Waals surface area contributed by atoms with E-state index in [2.05, 4.69) is 5.32 Å². The van der Waals surface area contributed by atoms with Gasteiger partial charge in [-0.2, -0.15) is 0 Å². The third-order valence-electron chi connectivity index (χ3n) is 2.82. The van der Waals surface area contributed by atoms with E-state index in [4.69, 9.17) is 5.11 Å². The number of hydrogen-bond donors (Lipinski definition) is 2. The van der Waals surface area contributed by atoms with Crippen LogP contribution in [0.2, 0.25) is 0 Å².